The van der Waals surface area contributed by atoms with E-state index in [4.69, 9.17) is 4.63 Å². The van der Waals surface area contributed by atoms with Crippen LogP contribution in [-0.4, -0.2) is 44.4 Å². The Kier molecular flexibility index (Phi) is 7.97. The number of alkyl halides is 6. The molecule has 1 aromatic carbocycles. The number of hydrogen-bond donors (Lipinski definition) is 3. The van der Waals surface area contributed by atoms with Crippen LogP contribution in [0, 0.1) is 17.3 Å². The molecule has 2 heterocycles. The fourth-order valence-electron chi connectivity index (χ4n) is 4.98. The Morgan fingerprint density at radius 2 is 1.74 bits per heavy atom. The summed E-state index contributed by atoms with van der Waals surface area (Å²) >= 11 is 0. The highest BCUT2D eigenvalue weighted by Gasteiger charge is 2.49. The summed E-state index contributed by atoms with van der Waals surface area (Å²) in [6, 6.07) is 3.23. The minimum absolute atomic E-state index is 0.0123. The van der Waals surface area contributed by atoms with Crippen molar-refractivity contribution in [3.63, 3.8) is 0 Å². The SMILES string of the molecule is C[C@H](CC(=O)N[C@@H](c1ccc2nc([C@H](CC(C)(C)C(F)(F)F)NC(=O)c3nonc3C3CC3)[nH]c2c1)C1CC1)C(F)(F)F. The number of nitrogens with one attached hydrogen (secondary N) is 3. The second kappa shape index (κ2) is 11.1. The number of fused-ring (bicyclic) bond motifs is 1. The fourth-order valence-corrected chi connectivity index (χ4v) is 4.98. The molecule has 15 heteroatoms. The first-order valence-electron chi connectivity index (χ1n) is 14.1. The Morgan fingerprint density at radius 1 is 1.05 bits per heavy atom. The van der Waals surface area contributed by atoms with E-state index in [2.05, 4.69) is 30.9 Å². The molecule has 2 aliphatic carbocycles. The van der Waals surface area contributed by atoms with Crippen LogP contribution in [-0.2, 0) is 4.79 Å². The third-order valence-electron chi connectivity index (χ3n) is 8.15. The minimum atomic E-state index is -4.58. The van der Waals surface area contributed by atoms with Gasteiger partial charge in [-0.05, 0) is 60.9 Å². The van der Waals surface area contributed by atoms with Crippen molar-refractivity contribution in [1.29, 1.82) is 0 Å². The molecule has 0 unspecified atom stereocenters. The molecule has 234 valence electrons. The van der Waals surface area contributed by atoms with Gasteiger partial charge in [-0.3, -0.25) is 9.59 Å². The summed E-state index contributed by atoms with van der Waals surface area (Å²) in [5.74, 6) is -3.13. The van der Waals surface area contributed by atoms with Gasteiger partial charge in [-0.15, -0.1) is 0 Å². The van der Waals surface area contributed by atoms with E-state index in [0.717, 1.165) is 46.5 Å². The minimum Gasteiger partial charge on any atom is -0.349 e. The lowest BCUT2D eigenvalue weighted by molar-refractivity contribution is -0.215. The summed E-state index contributed by atoms with van der Waals surface area (Å²) in [6.07, 6.45) is -7.15. The zero-order valence-corrected chi connectivity index (χ0v) is 23.7. The van der Waals surface area contributed by atoms with Gasteiger partial charge in [0, 0.05) is 12.3 Å². The lowest BCUT2D eigenvalue weighted by atomic mass is 9.84. The molecule has 3 aromatic rings. The Balaban J connectivity index is 1.41. The van der Waals surface area contributed by atoms with Crippen molar-refractivity contribution < 1.29 is 40.6 Å². The average Bonchev–Trinajstić information content (AvgIpc) is 3.83. The molecule has 2 amide bonds. The summed E-state index contributed by atoms with van der Waals surface area (Å²) in [7, 11) is 0. The van der Waals surface area contributed by atoms with Crippen molar-refractivity contribution in [3.8, 4) is 0 Å². The number of imidazole rings is 1. The fraction of sp³-hybridized carbons (Fsp3) is 0.607. The molecule has 0 bridgehead atoms. The Morgan fingerprint density at radius 3 is 2.35 bits per heavy atom. The van der Waals surface area contributed by atoms with Crippen molar-refractivity contribution in [2.75, 3.05) is 0 Å². The Labute approximate surface area is 242 Å². The summed E-state index contributed by atoms with van der Waals surface area (Å²) in [6.45, 7) is 3.01. The number of benzene rings is 1. The van der Waals surface area contributed by atoms with E-state index < -0.39 is 60.4 Å². The van der Waals surface area contributed by atoms with Gasteiger partial charge in [0.2, 0.25) is 5.91 Å². The zero-order valence-electron chi connectivity index (χ0n) is 23.7. The van der Waals surface area contributed by atoms with Crippen LogP contribution in [0.15, 0.2) is 22.8 Å². The van der Waals surface area contributed by atoms with Crippen molar-refractivity contribution in [1.82, 2.24) is 30.9 Å². The molecule has 2 fully saturated rings. The number of rotatable bonds is 11. The van der Waals surface area contributed by atoms with Crippen molar-refractivity contribution in [2.45, 2.75) is 89.7 Å². The molecule has 2 aromatic heterocycles. The van der Waals surface area contributed by atoms with E-state index >= 15 is 0 Å². The predicted molar refractivity (Wildman–Crippen MR) is 140 cm³/mol. The van der Waals surface area contributed by atoms with Crippen molar-refractivity contribution >= 4 is 22.8 Å². The quantitative estimate of drug-likeness (QED) is 0.214. The topological polar surface area (TPSA) is 126 Å². The first-order chi connectivity index (χ1) is 20.0. The first-order valence-corrected chi connectivity index (χ1v) is 14.1. The third kappa shape index (κ3) is 6.96. The number of carbonyl (C=O) groups is 2. The van der Waals surface area contributed by atoms with E-state index in [1.165, 1.54) is 0 Å². The highest BCUT2D eigenvalue weighted by atomic mass is 19.4. The molecule has 5 rings (SSSR count). The Hall–Kier alpha value is -3.65. The Bertz CT molecular complexity index is 1490. The van der Waals surface area contributed by atoms with Gasteiger partial charge < -0.3 is 15.6 Å². The van der Waals surface area contributed by atoms with Gasteiger partial charge in [0.15, 0.2) is 5.69 Å². The lowest BCUT2D eigenvalue weighted by Crippen LogP contribution is -2.39. The molecule has 3 atom stereocenters. The molecular formula is C28H32F6N6O3. The molecule has 43 heavy (non-hydrogen) atoms. The van der Waals surface area contributed by atoms with Crippen LogP contribution in [0.5, 0.6) is 0 Å². The maximum Gasteiger partial charge on any atom is 0.394 e. The van der Waals surface area contributed by atoms with Gasteiger partial charge in [0.1, 0.15) is 11.5 Å². The monoisotopic (exact) mass is 614 g/mol. The van der Waals surface area contributed by atoms with E-state index in [1.54, 1.807) is 18.2 Å². The highest BCUT2D eigenvalue weighted by molar-refractivity contribution is 5.93. The van der Waals surface area contributed by atoms with Crippen LogP contribution < -0.4 is 10.6 Å². The molecule has 0 spiro atoms. The summed E-state index contributed by atoms with van der Waals surface area (Å²) in [5, 5.41) is 12.8. The second-order valence-corrected chi connectivity index (χ2v) is 12.3. The van der Waals surface area contributed by atoms with E-state index in [0.29, 0.717) is 22.3 Å². The van der Waals surface area contributed by atoms with Crippen LogP contribution in [0.2, 0.25) is 0 Å². The number of aromatic nitrogens is 4. The number of nitrogens with zero attached hydrogens (tertiary/aromatic N) is 3. The molecule has 2 saturated carbocycles. The number of halogens is 6. The van der Waals surface area contributed by atoms with Gasteiger partial charge in [-0.25, -0.2) is 9.61 Å². The molecule has 0 saturated heterocycles. The predicted octanol–water partition coefficient (Wildman–Crippen LogP) is 6.43. The molecule has 9 nitrogen and oxygen atoms in total. The number of amides is 2. The highest BCUT2D eigenvalue weighted by Crippen LogP contribution is 2.45. The van der Waals surface area contributed by atoms with Gasteiger partial charge in [-0.2, -0.15) is 26.3 Å². The van der Waals surface area contributed by atoms with Gasteiger partial charge >= 0.3 is 12.4 Å². The normalized spacial score (nSPS) is 18.3. The largest absolute Gasteiger partial charge is 0.394 e. The molecule has 0 aliphatic heterocycles. The maximum absolute atomic E-state index is 13.9. The van der Waals surface area contributed by atoms with Crippen LogP contribution in [0.1, 0.15) is 105 Å². The molecular weight excluding hydrogens is 582 g/mol. The van der Waals surface area contributed by atoms with Crippen molar-refractivity contribution in [3.05, 3.63) is 41.0 Å². The summed E-state index contributed by atoms with van der Waals surface area (Å²) in [5.41, 5.74) is -0.474. The lowest BCUT2D eigenvalue weighted by Gasteiger charge is -2.31. The van der Waals surface area contributed by atoms with Gasteiger partial charge in [0.05, 0.1) is 34.4 Å². The molecule has 0 radical (unpaired) electrons. The summed E-state index contributed by atoms with van der Waals surface area (Å²) in [4.78, 5) is 33.1. The number of carbonyl (C=O) groups excluding carboxylic acids is 2. The maximum atomic E-state index is 13.9. The standard InChI is InChI=1S/C28H32F6N6O3/c1-13(27(29,30)31)10-20(41)38-21(14-4-5-14)16-8-9-17-18(11-16)36-24(35-17)19(12-26(2,3)28(32,33)34)37-25(42)23-22(15-6-7-15)39-43-40-23/h8-9,11,13-15,19,21H,4-7,10,12H2,1-3H3,(H,35,36)(H,37,42)(H,38,41)/t13-,19+,21-/m1/s1. The van der Waals surface area contributed by atoms with E-state index in [-0.39, 0.29) is 23.4 Å². The number of hydrogen-bond acceptors (Lipinski definition) is 6. The van der Waals surface area contributed by atoms with Crippen molar-refractivity contribution in [2.24, 2.45) is 17.3 Å². The van der Waals surface area contributed by atoms with Crippen LogP contribution >= 0.6 is 0 Å². The first kappa shape index (κ1) is 30.8. The van der Waals surface area contributed by atoms with E-state index in [1.807, 2.05) is 0 Å². The third-order valence-corrected chi connectivity index (χ3v) is 8.15. The average molecular weight is 615 g/mol. The zero-order chi connectivity index (χ0) is 31.3. The van der Waals surface area contributed by atoms with Gasteiger partial charge in [0.25, 0.3) is 5.91 Å². The summed E-state index contributed by atoms with van der Waals surface area (Å²) < 4.78 is 85.4. The van der Waals surface area contributed by atoms with Crippen LogP contribution in [0.25, 0.3) is 11.0 Å². The molecule has 2 aliphatic rings. The van der Waals surface area contributed by atoms with Crippen LogP contribution in [0.4, 0.5) is 26.3 Å². The van der Waals surface area contributed by atoms with Crippen LogP contribution in [0.3, 0.4) is 0 Å². The van der Waals surface area contributed by atoms with Gasteiger partial charge in [-0.1, -0.05) is 32.0 Å². The number of aromatic amines is 1. The molecule has 3 N–H and O–H groups in total. The smallest absolute Gasteiger partial charge is 0.349 e. The number of H-pyrrole nitrogens is 1. The van der Waals surface area contributed by atoms with E-state index in [9.17, 15) is 35.9 Å². The second-order valence-electron chi connectivity index (χ2n) is 12.3.